The zero-order valence-electron chi connectivity index (χ0n) is 19.4. The van der Waals surface area contributed by atoms with Gasteiger partial charge in [0.25, 0.3) is 5.30 Å². The molecule has 34 heavy (non-hydrogen) atoms. The number of ketones is 1. The fourth-order valence-electron chi connectivity index (χ4n) is 3.53. The molecule has 176 valence electrons. The lowest BCUT2D eigenvalue weighted by Crippen LogP contribution is -2.16. The van der Waals surface area contributed by atoms with E-state index in [1.54, 1.807) is 48.5 Å². The van der Waals surface area contributed by atoms with E-state index in [0.717, 1.165) is 0 Å². The molecule has 1 atom stereocenters. The van der Waals surface area contributed by atoms with Gasteiger partial charge < -0.3 is 23.7 Å². The summed E-state index contributed by atoms with van der Waals surface area (Å²) < 4.78 is 40.7. The van der Waals surface area contributed by atoms with E-state index in [-0.39, 0.29) is 51.0 Å². The molecule has 0 aliphatic carbocycles. The predicted octanol–water partition coefficient (Wildman–Crippen LogP) is 4.25. The Morgan fingerprint density at radius 3 is 1.74 bits per heavy atom. The van der Waals surface area contributed by atoms with Crippen LogP contribution in [0.15, 0.2) is 54.6 Å². The SMILES string of the molecule is COc1cccc(OC)c1C(=O)[P+](=O)c1c(OC)cc(C(=O)c2ccccc2)c(OC)c1OC. The Morgan fingerprint density at radius 2 is 1.24 bits per heavy atom. The molecular weight excluding hydrogens is 459 g/mol. The normalized spacial score (nSPS) is 10.8. The summed E-state index contributed by atoms with van der Waals surface area (Å²) in [5.41, 5.74) is -0.194. The first-order valence-corrected chi connectivity index (χ1v) is 11.3. The summed E-state index contributed by atoms with van der Waals surface area (Å²) in [5.74, 6) is 0.0931. The van der Waals surface area contributed by atoms with Gasteiger partial charge in [-0.3, -0.25) is 4.79 Å². The second kappa shape index (κ2) is 10.8. The largest absolute Gasteiger partial charge is 0.496 e. The van der Waals surface area contributed by atoms with Crippen molar-refractivity contribution >= 4 is 24.4 Å². The summed E-state index contributed by atoms with van der Waals surface area (Å²) in [4.78, 5) is 26.6. The molecule has 0 bridgehead atoms. The molecule has 0 radical (unpaired) electrons. The van der Waals surface area contributed by atoms with Crippen LogP contribution in [0.2, 0.25) is 0 Å². The quantitative estimate of drug-likeness (QED) is 0.312. The van der Waals surface area contributed by atoms with Crippen LogP contribution in [0, 0.1) is 0 Å². The zero-order chi connectivity index (χ0) is 24.8. The van der Waals surface area contributed by atoms with Crippen molar-refractivity contribution in [3.63, 3.8) is 0 Å². The van der Waals surface area contributed by atoms with Gasteiger partial charge in [-0.15, -0.1) is 0 Å². The summed E-state index contributed by atoms with van der Waals surface area (Å²) >= 11 is 0. The van der Waals surface area contributed by atoms with Crippen LogP contribution in [-0.4, -0.2) is 46.9 Å². The van der Waals surface area contributed by atoms with Gasteiger partial charge in [0.1, 0.15) is 11.5 Å². The highest BCUT2D eigenvalue weighted by Crippen LogP contribution is 2.45. The molecule has 0 aromatic heterocycles. The number of hydrogen-bond donors (Lipinski definition) is 0. The van der Waals surface area contributed by atoms with Gasteiger partial charge in [-0.2, -0.15) is 0 Å². The van der Waals surface area contributed by atoms with Crippen molar-refractivity contribution in [1.29, 1.82) is 0 Å². The Hall–Kier alpha value is -3.90. The van der Waals surface area contributed by atoms with Crippen molar-refractivity contribution in [3.8, 4) is 28.7 Å². The first-order chi connectivity index (χ1) is 16.4. The molecule has 0 N–H and O–H groups in total. The second-order valence-electron chi connectivity index (χ2n) is 6.87. The third-order valence-electron chi connectivity index (χ3n) is 5.11. The average Bonchev–Trinajstić information content (AvgIpc) is 2.90. The lowest BCUT2D eigenvalue weighted by molar-refractivity contribution is 0.103. The monoisotopic (exact) mass is 483 g/mol. The van der Waals surface area contributed by atoms with Crippen molar-refractivity contribution in [2.24, 2.45) is 0 Å². The lowest BCUT2D eigenvalue weighted by atomic mass is 10.0. The topological polar surface area (TPSA) is 97.4 Å². The van der Waals surface area contributed by atoms with Crippen LogP contribution in [0.1, 0.15) is 26.3 Å². The van der Waals surface area contributed by atoms with E-state index < -0.39 is 13.3 Å². The van der Waals surface area contributed by atoms with Gasteiger partial charge in [-0.25, -0.2) is 4.79 Å². The Morgan fingerprint density at radius 1 is 0.676 bits per heavy atom. The molecule has 0 amide bonds. The summed E-state index contributed by atoms with van der Waals surface area (Å²) in [6.45, 7) is 0. The lowest BCUT2D eigenvalue weighted by Gasteiger charge is -2.15. The molecule has 3 rings (SSSR count). The van der Waals surface area contributed by atoms with E-state index in [1.165, 1.54) is 41.6 Å². The number of methoxy groups -OCH3 is 5. The summed E-state index contributed by atoms with van der Waals surface area (Å²) in [7, 11) is 4.01. The molecule has 0 fully saturated rings. The van der Waals surface area contributed by atoms with Crippen molar-refractivity contribution in [2.75, 3.05) is 35.5 Å². The smallest absolute Gasteiger partial charge is 0.467 e. The molecule has 3 aromatic rings. The van der Waals surface area contributed by atoms with Crippen LogP contribution in [0.3, 0.4) is 0 Å². The maximum absolute atomic E-state index is 13.6. The highest BCUT2D eigenvalue weighted by atomic mass is 31.1. The Kier molecular flexibility index (Phi) is 7.87. The predicted molar refractivity (Wildman–Crippen MR) is 127 cm³/mol. The van der Waals surface area contributed by atoms with Gasteiger partial charge in [0.05, 0.1) is 41.1 Å². The minimum absolute atomic E-state index is 0.0149. The maximum Gasteiger partial charge on any atom is 0.467 e. The Labute approximate surface area is 198 Å². The zero-order valence-corrected chi connectivity index (χ0v) is 20.3. The van der Waals surface area contributed by atoms with Crippen molar-refractivity contribution < 1.29 is 37.8 Å². The molecule has 0 aliphatic heterocycles. The molecule has 9 heteroatoms. The highest BCUT2D eigenvalue weighted by molar-refractivity contribution is 7.72. The minimum Gasteiger partial charge on any atom is -0.496 e. The van der Waals surface area contributed by atoms with Gasteiger partial charge in [-0.1, -0.05) is 41.0 Å². The van der Waals surface area contributed by atoms with Crippen molar-refractivity contribution in [2.45, 2.75) is 0 Å². The van der Waals surface area contributed by atoms with E-state index in [9.17, 15) is 14.2 Å². The first kappa shape index (κ1) is 24.7. The first-order valence-electron chi connectivity index (χ1n) is 10.1. The van der Waals surface area contributed by atoms with Crippen LogP contribution in [0.5, 0.6) is 28.7 Å². The number of hydrogen-bond acceptors (Lipinski definition) is 8. The van der Waals surface area contributed by atoms with E-state index in [1.807, 2.05) is 0 Å². The number of ether oxygens (including phenoxy) is 5. The maximum atomic E-state index is 13.6. The molecule has 1 unspecified atom stereocenters. The summed E-state index contributed by atoms with van der Waals surface area (Å²) in [6, 6.07) is 14.8. The van der Waals surface area contributed by atoms with E-state index >= 15 is 0 Å². The van der Waals surface area contributed by atoms with Crippen LogP contribution < -0.4 is 29.0 Å². The average molecular weight is 483 g/mol. The van der Waals surface area contributed by atoms with Gasteiger partial charge in [0.2, 0.25) is 5.75 Å². The van der Waals surface area contributed by atoms with Crippen LogP contribution >= 0.6 is 7.80 Å². The standard InChI is InChI=1S/C25H24O8P/c1-29-17-12-9-13-18(30-2)20(17)25(27)34(28)24-19(31-3)14-16(22(32-4)23(24)33-5)21(26)15-10-7-6-8-11-15/h6-14H,1-5H3/q+1. The number of benzene rings is 3. The molecule has 0 saturated heterocycles. The second-order valence-corrected chi connectivity index (χ2v) is 8.32. The number of carbonyl (C=O) groups excluding carboxylic acids is 2. The summed E-state index contributed by atoms with van der Waals surface area (Å²) in [5, 5.41) is -0.0422. The molecular formula is C25H24O8P+. The number of rotatable bonds is 10. The fourth-order valence-corrected chi connectivity index (χ4v) is 4.89. The van der Waals surface area contributed by atoms with E-state index in [4.69, 9.17) is 23.7 Å². The minimum atomic E-state index is -2.81. The third kappa shape index (κ3) is 4.45. The molecule has 3 aromatic carbocycles. The Balaban J connectivity index is 2.22. The fraction of sp³-hybridized carbons (Fsp3) is 0.200. The van der Waals surface area contributed by atoms with Crippen molar-refractivity contribution in [3.05, 3.63) is 71.3 Å². The van der Waals surface area contributed by atoms with Gasteiger partial charge in [0.15, 0.2) is 22.8 Å². The number of carbonyl (C=O) groups is 2. The van der Waals surface area contributed by atoms with Crippen LogP contribution in [0.25, 0.3) is 0 Å². The van der Waals surface area contributed by atoms with Gasteiger partial charge >= 0.3 is 13.3 Å². The highest BCUT2D eigenvalue weighted by Gasteiger charge is 2.45. The molecule has 0 aliphatic rings. The van der Waals surface area contributed by atoms with E-state index in [2.05, 4.69) is 0 Å². The van der Waals surface area contributed by atoms with Crippen molar-refractivity contribution in [1.82, 2.24) is 0 Å². The Bertz CT molecular complexity index is 1220. The molecule has 0 heterocycles. The van der Waals surface area contributed by atoms with Gasteiger partial charge in [-0.05, 0) is 12.1 Å². The van der Waals surface area contributed by atoms with E-state index in [0.29, 0.717) is 5.56 Å². The summed E-state index contributed by atoms with van der Waals surface area (Å²) in [6.07, 6.45) is 0. The van der Waals surface area contributed by atoms with Crippen LogP contribution in [0.4, 0.5) is 0 Å². The molecule has 8 nitrogen and oxygen atoms in total. The van der Waals surface area contributed by atoms with Crippen LogP contribution in [-0.2, 0) is 4.57 Å². The molecule has 0 saturated carbocycles. The van der Waals surface area contributed by atoms with Gasteiger partial charge in [0, 0.05) is 11.6 Å². The molecule has 0 spiro atoms. The third-order valence-corrected chi connectivity index (χ3v) is 6.53.